The fourth-order valence-electron chi connectivity index (χ4n) is 7.72. The van der Waals surface area contributed by atoms with Gasteiger partial charge in [0.25, 0.3) is 11.8 Å². The van der Waals surface area contributed by atoms with E-state index in [1.54, 1.807) is 12.2 Å². The fourth-order valence-corrected chi connectivity index (χ4v) is 9.03. The quantitative estimate of drug-likeness (QED) is 0.142. The highest BCUT2D eigenvalue weighted by Gasteiger charge is 2.63. The van der Waals surface area contributed by atoms with Crippen LogP contribution in [0, 0.1) is 11.7 Å². The summed E-state index contributed by atoms with van der Waals surface area (Å²) in [5.41, 5.74) is -1.92. The maximum Gasteiger partial charge on any atom is 0.573 e. The Labute approximate surface area is 343 Å². The molecule has 330 valence electrons. The molecule has 0 spiro atoms. The Hall–Kier alpha value is -5.25. The number of benzene rings is 2. The number of sulfonamides is 1. The molecular formula is C39H40F7N5O9S. The molecule has 2 saturated carbocycles. The Kier molecular flexibility index (Phi) is 11.4. The Morgan fingerprint density at radius 2 is 1.74 bits per heavy atom. The third-order valence-electron chi connectivity index (χ3n) is 11.6. The molecule has 3 fully saturated rings. The first-order valence-corrected chi connectivity index (χ1v) is 20.9. The van der Waals surface area contributed by atoms with Crippen LogP contribution in [0.2, 0.25) is 0 Å². The number of hydrogen-bond donors (Lipinski definition) is 4. The highest BCUT2D eigenvalue weighted by molar-refractivity contribution is 7.91. The molecule has 61 heavy (non-hydrogen) atoms. The van der Waals surface area contributed by atoms with Gasteiger partial charge < -0.3 is 30.1 Å². The van der Waals surface area contributed by atoms with Crippen molar-refractivity contribution >= 4 is 55.3 Å². The normalized spacial score (nSPS) is 26.8. The number of hydrogen-bond acceptors (Lipinski definition) is 10. The maximum atomic E-state index is 14.6. The van der Waals surface area contributed by atoms with E-state index in [0.29, 0.717) is 32.1 Å². The monoisotopic (exact) mass is 887 g/mol. The van der Waals surface area contributed by atoms with Crippen molar-refractivity contribution in [3.05, 3.63) is 54.4 Å². The van der Waals surface area contributed by atoms with E-state index < -0.39 is 111 Å². The van der Waals surface area contributed by atoms with Crippen LogP contribution in [-0.4, -0.2) is 101 Å². The van der Waals surface area contributed by atoms with E-state index in [0.717, 1.165) is 29.2 Å². The van der Waals surface area contributed by atoms with Crippen LogP contribution >= 0.6 is 0 Å². The lowest BCUT2D eigenvalue weighted by Crippen LogP contribution is -2.59. The molecule has 4 aliphatic rings. The number of nitrogens with one attached hydrogen (secondary N) is 3. The third-order valence-corrected chi connectivity index (χ3v) is 13.7. The molecule has 0 unspecified atom stereocenters. The van der Waals surface area contributed by atoms with Crippen LogP contribution in [0.1, 0.15) is 64.7 Å². The maximum absolute atomic E-state index is 14.6. The molecule has 14 nitrogen and oxygen atoms in total. The summed E-state index contributed by atoms with van der Waals surface area (Å²) in [6, 6.07) is 3.34. The predicted octanol–water partition coefficient (Wildman–Crippen LogP) is 4.58. The Balaban J connectivity index is 1.25. The molecule has 2 aliphatic heterocycles. The number of ether oxygens (including phenoxy) is 2. The summed E-state index contributed by atoms with van der Waals surface area (Å²) in [6.07, 6.45) is -10.2. The second-order valence-corrected chi connectivity index (χ2v) is 18.2. The van der Waals surface area contributed by atoms with Gasteiger partial charge in [0.05, 0.1) is 16.8 Å². The van der Waals surface area contributed by atoms with E-state index in [9.17, 15) is 63.4 Å². The minimum Gasteiger partial charge on any atom is -0.472 e. The van der Waals surface area contributed by atoms with Gasteiger partial charge in [-0.05, 0) is 81.2 Å². The number of pyridine rings is 1. The molecule has 22 heteroatoms. The van der Waals surface area contributed by atoms with E-state index in [4.69, 9.17) is 4.74 Å². The second kappa shape index (κ2) is 15.9. The molecule has 3 heterocycles. The Morgan fingerprint density at radius 3 is 2.43 bits per heavy atom. The molecule has 3 aromatic rings. The number of fused-ring (bicyclic) bond motifs is 5. The van der Waals surface area contributed by atoms with Crippen molar-refractivity contribution in [1.82, 2.24) is 25.2 Å². The lowest BCUT2D eigenvalue weighted by molar-refractivity contribution is -0.274. The van der Waals surface area contributed by atoms with Crippen LogP contribution in [0.15, 0.2) is 48.6 Å². The van der Waals surface area contributed by atoms with Crippen LogP contribution in [0.4, 0.5) is 30.7 Å². The number of aliphatic hydroxyl groups excluding tert-OH is 1. The van der Waals surface area contributed by atoms with Crippen LogP contribution in [0.3, 0.4) is 0 Å². The number of aromatic nitrogens is 1. The summed E-state index contributed by atoms with van der Waals surface area (Å²) in [7, 11) is -4.18. The lowest BCUT2D eigenvalue weighted by Gasteiger charge is -2.30. The number of alkyl halides is 6. The summed E-state index contributed by atoms with van der Waals surface area (Å²) >= 11 is 0. The van der Waals surface area contributed by atoms with E-state index in [-0.39, 0.29) is 46.8 Å². The first kappa shape index (κ1) is 43.8. The van der Waals surface area contributed by atoms with Crippen LogP contribution in [0.25, 0.3) is 21.7 Å². The van der Waals surface area contributed by atoms with Crippen molar-refractivity contribution in [3.8, 4) is 11.6 Å². The third kappa shape index (κ3) is 9.19. The van der Waals surface area contributed by atoms with Crippen molar-refractivity contribution in [2.75, 3.05) is 6.54 Å². The van der Waals surface area contributed by atoms with Gasteiger partial charge in [0, 0.05) is 29.2 Å². The van der Waals surface area contributed by atoms with Crippen molar-refractivity contribution in [2.24, 2.45) is 5.92 Å². The van der Waals surface area contributed by atoms with Gasteiger partial charge in [0.15, 0.2) is 0 Å². The molecule has 2 aromatic carbocycles. The Bertz CT molecular complexity index is 2410. The number of allylic oxidation sites excluding steroid dienone is 1. The average Bonchev–Trinajstić information content (AvgIpc) is 4.05. The standard InChI is InChI=1S/C39H40F7N5O9S/c1-36(13-14-36)61(57,58)50-35(56)37-18-20(37)7-5-3-2-4-6-8-27(47-32(54)30(52)38(41,42)43)34(55)51-19-23(17-29(51)31(53)49-37)59-33-25-11-9-21(40)15-26(25)24-12-10-22(16-28(24)48-33)60-39(44,45)46/h5,7,9-12,15-16,20,23,27,29-30,52H,2-4,6,8,13-14,17-19H2,1H3,(H,47,54)(H,49,53)(H,50,56)/b7-5-/t20-,23-,27+,29+,30+,37-/m1/s1. The molecular weight excluding hydrogens is 848 g/mol. The minimum atomic E-state index is -5.38. The summed E-state index contributed by atoms with van der Waals surface area (Å²) in [6.45, 7) is 0.962. The highest BCUT2D eigenvalue weighted by Crippen LogP contribution is 2.48. The number of aliphatic hydroxyl groups is 1. The summed E-state index contributed by atoms with van der Waals surface area (Å²) in [5, 5.41) is 14.8. The van der Waals surface area contributed by atoms with E-state index >= 15 is 0 Å². The Morgan fingerprint density at radius 1 is 1.02 bits per heavy atom. The zero-order chi connectivity index (χ0) is 44.3. The lowest BCUT2D eigenvalue weighted by atomic mass is 10.0. The minimum absolute atomic E-state index is 0.0223. The summed E-state index contributed by atoms with van der Waals surface area (Å²) in [5.74, 6) is -7.29. The molecule has 4 N–H and O–H groups in total. The molecule has 4 amide bonds. The molecule has 2 aliphatic carbocycles. The van der Waals surface area contributed by atoms with Crippen LogP contribution < -0.4 is 24.8 Å². The van der Waals surface area contributed by atoms with Crippen LogP contribution in [0.5, 0.6) is 11.6 Å². The zero-order valence-corrected chi connectivity index (χ0v) is 33.1. The first-order valence-electron chi connectivity index (χ1n) is 19.4. The van der Waals surface area contributed by atoms with Gasteiger partial charge in [0.1, 0.15) is 35.3 Å². The molecule has 1 aromatic heterocycles. The number of nitrogens with zero attached hydrogens (tertiary/aromatic N) is 2. The highest BCUT2D eigenvalue weighted by atomic mass is 32.2. The van der Waals surface area contributed by atoms with Crippen LogP contribution in [-0.2, 0) is 29.2 Å². The van der Waals surface area contributed by atoms with E-state index in [2.05, 4.69) is 19.8 Å². The smallest absolute Gasteiger partial charge is 0.472 e. The van der Waals surface area contributed by atoms with Crippen molar-refractivity contribution in [3.63, 3.8) is 0 Å². The predicted molar refractivity (Wildman–Crippen MR) is 200 cm³/mol. The number of amides is 4. The summed E-state index contributed by atoms with van der Waals surface area (Å²) < 4.78 is 131. The molecule has 0 radical (unpaired) electrons. The van der Waals surface area contributed by atoms with E-state index in [1.807, 2.05) is 5.32 Å². The van der Waals surface area contributed by atoms with Gasteiger partial charge in [-0.3, -0.25) is 23.9 Å². The molecule has 1 saturated heterocycles. The second-order valence-electron chi connectivity index (χ2n) is 16.0. The zero-order valence-electron chi connectivity index (χ0n) is 32.2. The SMILES string of the molecule is CC1(S(=O)(=O)NC(=O)[C@@]23C[C@H]2/C=C\CCCCC[C@H](NC(=O)[C@H](O)C(F)(F)F)C(=O)N2C[C@H](Oc4nc5cc(OC(F)(F)F)ccc5c5cc(F)ccc45)C[C@H]2C(=O)N3)CC1. The largest absolute Gasteiger partial charge is 0.573 e. The van der Waals surface area contributed by atoms with Crippen molar-refractivity contribution in [1.29, 1.82) is 0 Å². The fraction of sp³-hybridized carbons (Fsp3) is 0.513. The number of carbonyl (C=O) groups is 4. The summed E-state index contributed by atoms with van der Waals surface area (Å²) in [4.78, 5) is 60.5. The van der Waals surface area contributed by atoms with Gasteiger partial charge in [0.2, 0.25) is 33.8 Å². The molecule has 6 atom stereocenters. The number of carbonyl (C=O) groups excluding carboxylic acids is 4. The first-order chi connectivity index (χ1) is 28.5. The average molecular weight is 888 g/mol. The number of rotatable bonds is 8. The van der Waals surface area contributed by atoms with Gasteiger partial charge in [-0.2, -0.15) is 13.2 Å². The van der Waals surface area contributed by atoms with E-state index in [1.165, 1.54) is 19.1 Å². The van der Waals surface area contributed by atoms with Crippen molar-refractivity contribution in [2.45, 2.75) is 112 Å². The van der Waals surface area contributed by atoms with Gasteiger partial charge >= 0.3 is 12.5 Å². The van der Waals surface area contributed by atoms with Gasteiger partial charge in [-0.25, -0.2) is 17.8 Å². The topological polar surface area (TPSA) is 193 Å². The van der Waals surface area contributed by atoms with Gasteiger partial charge in [-0.15, -0.1) is 13.2 Å². The molecule has 7 rings (SSSR count). The number of halogens is 7. The molecule has 0 bridgehead atoms. The van der Waals surface area contributed by atoms with Crippen molar-refractivity contribution < 1.29 is 72.9 Å². The van der Waals surface area contributed by atoms with Gasteiger partial charge in [-0.1, -0.05) is 25.0 Å².